The minimum absolute atomic E-state index is 0.0142. The van der Waals surface area contributed by atoms with Crippen LogP contribution in [0.3, 0.4) is 0 Å². The van der Waals surface area contributed by atoms with Gasteiger partial charge < -0.3 is 10.7 Å². The van der Waals surface area contributed by atoms with Crippen LogP contribution >= 0.6 is 0 Å². The van der Waals surface area contributed by atoms with E-state index in [1.807, 2.05) is 25.1 Å². The number of rotatable bonds is 4. The van der Waals surface area contributed by atoms with Crippen LogP contribution in [0.4, 0.5) is 8.78 Å². The van der Waals surface area contributed by atoms with E-state index in [9.17, 15) is 18.8 Å². The number of aromatic nitrogens is 3. The lowest BCUT2D eigenvalue weighted by Gasteiger charge is -2.16. The van der Waals surface area contributed by atoms with Crippen LogP contribution < -0.4 is 17.0 Å². The monoisotopic (exact) mass is 524 g/mol. The number of nitrogens with zero attached hydrogens (tertiary/aromatic N) is 2. The standard InChI is InChI=1S/C30H22F2N4O3/c1-3-16-9-10-18-22(12-16)34-28-19(29(33)38)13-21(32)26(27(18)28)17-6-4-8-23(15(17)2)36-25(37)14-24-20(31)7-5-11-35(24)30(36)39/h4-14,34H,3H2,1-2H3,(H2,33,38). The molecule has 0 bridgehead atoms. The molecule has 0 saturated heterocycles. The van der Waals surface area contributed by atoms with Crippen LogP contribution in [0.1, 0.15) is 28.4 Å². The summed E-state index contributed by atoms with van der Waals surface area (Å²) in [6, 6.07) is 15.3. The molecule has 0 aliphatic heterocycles. The summed E-state index contributed by atoms with van der Waals surface area (Å²) in [7, 11) is 0. The number of H-pyrrole nitrogens is 1. The van der Waals surface area contributed by atoms with Crippen LogP contribution in [0.15, 0.2) is 76.4 Å². The van der Waals surface area contributed by atoms with E-state index in [4.69, 9.17) is 5.73 Å². The molecule has 6 rings (SSSR count). The molecule has 3 aromatic carbocycles. The van der Waals surface area contributed by atoms with E-state index in [0.29, 0.717) is 27.4 Å². The second-order valence-corrected chi connectivity index (χ2v) is 9.42. The third kappa shape index (κ3) is 3.58. The van der Waals surface area contributed by atoms with Crippen molar-refractivity contribution in [2.75, 3.05) is 0 Å². The molecular weight excluding hydrogens is 502 g/mol. The van der Waals surface area contributed by atoms with Gasteiger partial charge >= 0.3 is 5.69 Å². The van der Waals surface area contributed by atoms with E-state index >= 15 is 4.39 Å². The molecular formula is C30H22F2N4O3. The number of fused-ring (bicyclic) bond motifs is 4. The van der Waals surface area contributed by atoms with Crippen molar-refractivity contribution in [3.63, 3.8) is 0 Å². The van der Waals surface area contributed by atoms with Gasteiger partial charge in [-0.1, -0.05) is 31.2 Å². The maximum absolute atomic E-state index is 15.9. The maximum atomic E-state index is 15.9. The molecule has 0 aliphatic carbocycles. The van der Waals surface area contributed by atoms with E-state index in [0.717, 1.165) is 38.6 Å². The quantitative estimate of drug-likeness (QED) is 0.339. The number of halogens is 2. The summed E-state index contributed by atoms with van der Waals surface area (Å²) in [4.78, 5) is 41.9. The topological polar surface area (TPSA) is 102 Å². The van der Waals surface area contributed by atoms with Gasteiger partial charge in [-0.2, -0.15) is 0 Å². The molecule has 3 aromatic heterocycles. The summed E-state index contributed by atoms with van der Waals surface area (Å²) in [6.07, 6.45) is 2.16. The summed E-state index contributed by atoms with van der Waals surface area (Å²) in [5.41, 5.74) is 7.46. The Bertz CT molecular complexity index is 2120. The largest absolute Gasteiger partial charge is 0.366 e. The fourth-order valence-corrected chi connectivity index (χ4v) is 5.32. The Morgan fingerprint density at radius 2 is 1.79 bits per heavy atom. The van der Waals surface area contributed by atoms with Gasteiger partial charge in [-0.05, 0) is 60.4 Å². The molecule has 0 fully saturated rings. The van der Waals surface area contributed by atoms with Crippen LogP contribution in [0, 0.1) is 18.6 Å². The fraction of sp³-hybridized carbons (Fsp3) is 0.100. The Kier molecular flexibility index (Phi) is 5.46. The third-order valence-corrected chi connectivity index (χ3v) is 7.24. The molecule has 0 atom stereocenters. The molecule has 9 heteroatoms. The van der Waals surface area contributed by atoms with E-state index in [-0.39, 0.29) is 22.3 Å². The molecule has 1 amide bonds. The number of hydrogen-bond donors (Lipinski definition) is 2. The van der Waals surface area contributed by atoms with Crippen LogP contribution in [0.2, 0.25) is 0 Å². The normalized spacial score (nSPS) is 11.6. The van der Waals surface area contributed by atoms with E-state index in [2.05, 4.69) is 4.98 Å². The van der Waals surface area contributed by atoms with Gasteiger partial charge in [0.05, 0.1) is 22.3 Å². The number of nitrogens with one attached hydrogen (secondary N) is 1. The second-order valence-electron chi connectivity index (χ2n) is 9.42. The molecule has 0 spiro atoms. The van der Waals surface area contributed by atoms with E-state index < -0.39 is 28.8 Å². The zero-order valence-corrected chi connectivity index (χ0v) is 21.0. The van der Waals surface area contributed by atoms with Gasteiger partial charge in [0.1, 0.15) is 11.6 Å². The van der Waals surface area contributed by atoms with Crippen molar-refractivity contribution in [1.29, 1.82) is 0 Å². The van der Waals surface area contributed by atoms with E-state index in [1.54, 1.807) is 25.1 Å². The Morgan fingerprint density at radius 3 is 2.54 bits per heavy atom. The van der Waals surface area contributed by atoms with Crippen molar-refractivity contribution >= 4 is 33.2 Å². The number of aryl methyl sites for hydroxylation is 1. The van der Waals surface area contributed by atoms with Gasteiger partial charge in [-0.25, -0.2) is 18.1 Å². The average molecular weight is 525 g/mol. The number of pyridine rings is 1. The van der Waals surface area contributed by atoms with Crippen LogP contribution in [0.25, 0.3) is 44.1 Å². The molecule has 6 aromatic rings. The van der Waals surface area contributed by atoms with Gasteiger partial charge in [0, 0.05) is 34.1 Å². The summed E-state index contributed by atoms with van der Waals surface area (Å²) < 4.78 is 32.2. The number of benzene rings is 3. The summed E-state index contributed by atoms with van der Waals surface area (Å²) >= 11 is 0. The third-order valence-electron chi connectivity index (χ3n) is 7.24. The van der Waals surface area contributed by atoms with Gasteiger partial charge in [0.15, 0.2) is 0 Å². The molecule has 0 saturated carbocycles. The highest BCUT2D eigenvalue weighted by Gasteiger charge is 2.23. The minimum atomic E-state index is -0.777. The highest BCUT2D eigenvalue weighted by Crippen LogP contribution is 2.40. The van der Waals surface area contributed by atoms with Crippen molar-refractivity contribution in [3.05, 3.63) is 116 Å². The first-order valence-electron chi connectivity index (χ1n) is 12.3. The average Bonchev–Trinajstić information content (AvgIpc) is 3.28. The highest BCUT2D eigenvalue weighted by molar-refractivity contribution is 6.20. The Labute approximate surface area is 219 Å². The molecule has 0 aliphatic rings. The molecule has 0 unspecified atom stereocenters. The first-order chi connectivity index (χ1) is 18.7. The first-order valence-corrected chi connectivity index (χ1v) is 12.3. The van der Waals surface area contributed by atoms with Crippen LogP contribution in [0.5, 0.6) is 0 Å². The summed E-state index contributed by atoms with van der Waals surface area (Å²) in [5, 5.41) is 1.16. The number of amides is 1. The summed E-state index contributed by atoms with van der Waals surface area (Å²) in [6.45, 7) is 3.69. The van der Waals surface area contributed by atoms with E-state index in [1.165, 1.54) is 18.3 Å². The number of carbonyl (C=O) groups is 1. The Balaban J connectivity index is 1.70. The molecule has 39 heavy (non-hydrogen) atoms. The lowest BCUT2D eigenvalue weighted by atomic mass is 9.92. The zero-order chi connectivity index (χ0) is 27.6. The Hall–Kier alpha value is -5.05. The van der Waals surface area contributed by atoms with Gasteiger partial charge in [-0.15, -0.1) is 0 Å². The first kappa shape index (κ1) is 24.3. The highest BCUT2D eigenvalue weighted by atomic mass is 19.1. The van der Waals surface area contributed by atoms with Crippen molar-refractivity contribution in [2.24, 2.45) is 5.73 Å². The predicted octanol–water partition coefficient (Wildman–Crippen LogP) is 5.00. The van der Waals surface area contributed by atoms with Crippen molar-refractivity contribution in [3.8, 4) is 16.8 Å². The lowest BCUT2D eigenvalue weighted by molar-refractivity contribution is 0.100. The number of primary amides is 1. The number of hydrogen-bond acceptors (Lipinski definition) is 3. The smallest absolute Gasteiger partial charge is 0.340 e. The molecule has 3 N–H and O–H groups in total. The lowest BCUT2D eigenvalue weighted by Crippen LogP contribution is -2.36. The molecule has 0 radical (unpaired) electrons. The van der Waals surface area contributed by atoms with Gasteiger partial charge in [0.25, 0.3) is 11.5 Å². The van der Waals surface area contributed by atoms with Crippen molar-refractivity contribution < 1.29 is 13.6 Å². The second kappa shape index (κ2) is 8.76. The fourth-order valence-electron chi connectivity index (χ4n) is 5.32. The Morgan fingerprint density at radius 1 is 1.00 bits per heavy atom. The van der Waals surface area contributed by atoms with Crippen molar-refractivity contribution in [1.82, 2.24) is 14.0 Å². The number of carbonyl (C=O) groups excluding carboxylic acids is 1. The maximum Gasteiger partial charge on any atom is 0.340 e. The zero-order valence-electron chi connectivity index (χ0n) is 21.0. The number of aromatic amines is 1. The molecule has 7 nitrogen and oxygen atoms in total. The van der Waals surface area contributed by atoms with Gasteiger partial charge in [-0.3, -0.25) is 14.0 Å². The summed E-state index contributed by atoms with van der Waals surface area (Å²) in [5.74, 6) is -2.16. The predicted molar refractivity (Wildman–Crippen MR) is 147 cm³/mol. The number of nitrogens with two attached hydrogens (primary N) is 1. The molecule has 3 heterocycles. The SMILES string of the molecule is CCc1ccc2c(c1)[nH]c1c(C(N)=O)cc(F)c(-c3cccc(-n4c(=O)cc5c(F)cccn5c4=O)c3C)c12. The van der Waals surface area contributed by atoms with Crippen LogP contribution in [-0.2, 0) is 6.42 Å². The minimum Gasteiger partial charge on any atom is -0.366 e. The van der Waals surface area contributed by atoms with Crippen molar-refractivity contribution in [2.45, 2.75) is 20.3 Å². The molecule has 194 valence electrons. The van der Waals surface area contributed by atoms with Crippen LogP contribution in [-0.4, -0.2) is 19.9 Å². The van der Waals surface area contributed by atoms with Gasteiger partial charge in [0.2, 0.25) is 0 Å².